The lowest BCUT2D eigenvalue weighted by Gasteiger charge is -2.25. The molecule has 0 aliphatic heterocycles. The van der Waals surface area contributed by atoms with Gasteiger partial charge < -0.3 is 5.32 Å². The summed E-state index contributed by atoms with van der Waals surface area (Å²) in [5.41, 5.74) is 1.22. The number of halogens is 1. The number of hydrogen-bond donors (Lipinski definition) is 1. The highest BCUT2D eigenvalue weighted by Crippen LogP contribution is 2.25. The van der Waals surface area contributed by atoms with Crippen molar-refractivity contribution in [3.05, 3.63) is 29.3 Å². The summed E-state index contributed by atoms with van der Waals surface area (Å²) in [6, 6.07) is 4.44. The van der Waals surface area contributed by atoms with E-state index in [1.807, 2.05) is 6.92 Å². The molecule has 1 N–H and O–H groups in total. The van der Waals surface area contributed by atoms with Crippen LogP contribution in [0.5, 0.6) is 0 Å². The first-order valence-electron chi connectivity index (χ1n) is 6.77. The quantitative estimate of drug-likeness (QED) is 0.850. The Kier molecular flexibility index (Phi) is 4.70. The SMILES string of the molecule is CCc1ccc(S(=O)(=O)Cl)cc1C(=O)NCC1CCC1. The minimum Gasteiger partial charge on any atom is -0.352 e. The van der Waals surface area contributed by atoms with Crippen molar-refractivity contribution in [2.24, 2.45) is 5.92 Å². The van der Waals surface area contributed by atoms with Crippen LogP contribution in [0, 0.1) is 5.92 Å². The number of rotatable bonds is 5. The maximum atomic E-state index is 12.2. The van der Waals surface area contributed by atoms with E-state index in [4.69, 9.17) is 10.7 Å². The van der Waals surface area contributed by atoms with Crippen molar-refractivity contribution >= 4 is 25.6 Å². The standard InChI is InChI=1S/C14H18ClNO3S/c1-2-11-6-7-12(20(15,18)19)8-13(11)14(17)16-9-10-4-3-5-10/h6-8,10H,2-5,9H2,1H3,(H,16,17). The molecule has 0 heterocycles. The Morgan fingerprint density at radius 3 is 2.60 bits per heavy atom. The number of carbonyl (C=O) groups excluding carboxylic acids is 1. The Hall–Kier alpha value is -1.07. The topological polar surface area (TPSA) is 63.2 Å². The van der Waals surface area contributed by atoms with Gasteiger partial charge in [-0.25, -0.2) is 8.42 Å². The van der Waals surface area contributed by atoms with Crippen molar-refractivity contribution in [1.82, 2.24) is 5.32 Å². The molecule has 0 radical (unpaired) electrons. The van der Waals surface area contributed by atoms with Crippen LogP contribution in [-0.4, -0.2) is 20.9 Å². The second-order valence-corrected chi connectivity index (χ2v) is 7.68. The van der Waals surface area contributed by atoms with Crippen LogP contribution < -0.4 is 5.32 Å². The third-order valence-corrected chi connectivity index (χ3v) is 5.12. The van der Waals surface area contributed by atoms with Crippen LogP contribution in [0.15, 0.2) is 23.1 Å². The Morgan fingerprint density at radius 1 is 1.40 bits per heavy atom. The number of amides is 1. The third-order valence-electron chi connectivity index (χ3n) is 3.76. The molecule has 1 aromatic carbocycles. The van der Waals surface area contributed by atoms with Crippen LogP contribution >= 0.6 is 10.7 Å². The van der Waals surface area contributed by atoms with Gasteiger partial charge in [0, 0.05) is 22.8 Å². The minimum absolute atomic E-state index is 0.0369. The lowest BCUT2D eigenvalue weighted by atomic mass is 9.85. The molecule has 0 spiro atoms. The van der Waals surface area contributed by atoms with Crippen LogP contribution in [0.25, 0.3) is 0 Å². The first-order chi connectivity index (χ1) is 9.41. The minimum atomic E-state index is -3.82. The number of hydrogen-bond acceptors (Lipinski definition) is 3. The third kappa shape index (κ3) is 3.52. The van der Waals surface area contributed by atoms with Gasteiger partial charge in [-0.2, -0.15) is 0 Å². The molecule has 0 bridgehead atoms. The zero-order chi connectivity index (χ0) is 14.8. The fourth-order valence-corrected chi connectivity index (χ4v) is 3.03. The van der Waals surface area contributed by atoms with Crippen molar-refractivity contribution in [3.63, 3.8) is 0 Å². The molecule has 0 aromatic heterocycles. The monoisotopic (exact) mass is 315 g/mol. The van der Waals surface area contributed by atoms with Crippen LogP contribution in [0.4, 0.5) is 0 Å². The molecular weight excluding hydrogens is 298 g/mol. The van der Waals surface area contributed by atoms with Crippen molar-refractivity contribution in [1.29, 1.82) is 0 Å². The molecule has 1 amide bonds. The maximum absolute atomic E-state index is 12.2. The summed E-state index contributed by atoms with van der Waals surface area (Å²) in [6.45, 7) is 2.58. The lowest BCUT2D eigenvalue weighted by molar-refractivity contribution is 0.0938. The van der Waals surface area contributed by atoms with Gasteiger partial charge in [0.15, 0.2) is 0 Å². The fraction of sp³-hybridized carbons (Fsp3) is 0.500. The second-order valence-electron chi connectivity index (χ2n) is 5.12. The highest BCUT2D eigenvalue weighted by atomic mass is 35.7. The molecular formula is C14H18ClNO3S. The van der Waals surface area contributed by atoms with Crippen molar-refractivity contribution in [3.8, 4) is 0 Å². The Morgan fingerprint density at radius 2 is 2.10 bits per heavy atom. The normalized spacial score (nSPS) is 15.7. The molecule has 0 atom stereocenters. The molecule has 1 aliphatic carbocycles. The predicted molar refractivity (Wildman–Crippen MR) is 78.5 cm³/mol. The second kappa shape index (κ2) is 6.14. The van der Waals surface area contributed by atoms with Crippen LogP contribution in [-0.2, 0) is 15.5 Å². The molecule has 0 unspecified atom stereocenters. The summed E-state index contributed by atoms with van der Waals surface area (Å²) < 4.78 is 22.7. The average Bonchev–Trinajstić information content (AvgIpc) is 2.34. The van der Waals surface area contributed by atoms with Gasteiger partial charge in [0.25, 0.3) is 15.0 Å². The van der Waals surface area contributed by atoms with Gasteiger partial charge in [0.1, 0.15) is 0 Å². The number of nitrogens with one attached hydrogen (secondary N) is 1. The van der Waals surface area contributed by atoms with Crippen molar-refractivity contribution in [2.45, 2.75) is 37.5 Å². The highest BCUT2D eigenvalue weighted by molar-refractivity contribution is 8.13. The van der Waals surface area contributed by atoms with Gasteiger partial charge in [0.05, 0.1) is 4.90 Å². The van der Waals surface area contributed by atoms with E-state index < -0.39 is 9.05 Å². The number of benzene rings is 1. The molecule has 1 aromatic rings. The van der Waals surface area contributed by atoms with E-state index in [1.54, 1.807) is 6.07 Å². The predicted octanol–water partition coefficient (Wildman–Crippen LogP) is 2.71. The Bertz CT molecular complexity index is 609. The van der Waals surface area contributed by atoms with E-state index in [0.29, 0.717) is 24.4 Å². The summed E-state index contributed by atoms with van der Waals surface area (Å²) in [5, 5.41) is 2.88. The van der Waals surface area contributed by atoms with Crippen molar-refractivity contribution < 1.29 is 13.2 Å². The molecule has 110 valence electrons. The van der Waals surface area contributed by atoms with Crippen LogP contribution in [0.3, 0.4) is 0 Å². The van der Waals surface area contributed by atoms with Crippen molar-refractivity contribution in [2.75, 3.05) is 6.54 Å². The average molecular weight is 316 g/mol. The van der Waals surface area contributed by atoms with Gasteiger partial charge in [-0.05, 0) is 42.9 Å². The van der Waals surface area contributed by atoms with E-state index in [2.05, 4.69) is 5.32 Å². The zero-order valence-corrected chi connectivity index (χ0v) is 12.9. The van der Waals surface area contributed by atoms with Gasteiger partial charge in [-0.3, -0.25) is 4.79 Å². The Labute approximate surface area is 123 Å². The van der Waals surface area contributed by atoms with Gasteiger partial charge >= 0.3 is 0 Å². The van der Waals surface area contributed by atoms with Crippen LogP contribution in [0.2, 0.25) is 0 Å². The lowest BCUT2D eigenvalue weighted by Crippen LogP contribution is -2.32. The van der Waals surface area contributed by atoms with E-state index in [9.17, 15) is 13.2 Å². The summed E-state index contributed by atoms with van der Waals surface area (Å²) in [4.78, 5) is 12.2. The summed E-state index contributed by atoms with van der Waals surface area (Å²) >= 11 is 0. The summed E-state index contributed by atoms with van der Waals surface area (Å²) in [5.74, 6) is 0.333. The smallest absolute Gasteiger partial charge is 0.261 e. The molecule has 2 rings (SSSR count). The largest absolute Gasteiger partial charge is 0.352 e. The van der Waals surface area contributed by atoms with E-state index >= 15 is 0 Å². The maximum Gasteiger partial charge on any atom is 0.261 e. The van der Waals surface area contributed by atoms with Gasteiger partial charge in [-0.1, -0.05) is 19.4 Å². The Balaban J connectivity index is 2.20. The highest BCUT2D eigenvalue weighted by Gasteiger charge is 2.20. The summed E-state index contributed by atoms with van der Waals surface area (Å²) in [6.07, 6.45) is 4.18. The van der Waals surface area contributed by atoms with E-state index in [-0.39, 0.29) is 10.8 Å². The molecule has 0 saturated heterocycles. The number of carbonyl (C=O) groups is 1. The first kappa shape index (κ1) is 15.3. The molecule has 4 nitrogen and oxygen atoms in total. The molecule has 1 saturated carbocycles. The van der Waals surface area contributed by atoms with Gasteiger partial charge in [-0.15, -0.1) is 0 Å². The van der Waals surface area contributed by atoms with E-state index in [1.165, 1.54) is 18.6 Å². The molecule has 1 aliphatic rings. The number of aryl methyl sites for hydroxylation is 1. The first-order valence-corrected chi connectivity index (χ1v) is 9.08. The van der Waals surface area contributed by atoms with Gasteiger partial charge in [0.2, 0.25) is 0 Å². The molecule has 20 heavy (non-hydrogen) atoms. The van der Waals surface area contributed by atoms with E-state index in [0.717, 1.165) is 18.4 Å². The fourth-order valence-electron chi connectivity index (χ4n) is 2.26. The van der Waals surface area contributed by atoms with Crippen LogP contribution in [0.1, 0.15) is 42.1 Å². The molecule has 1 fully saturated rings. The summed E-state index contributed by atoms with van der Waals surface area (Å²) in [7, 11) is 1.51. The zero-order valence-electron chi connectivity index (χ0n) is 11.4. The molecule has 6 heteroatoms.